The van der Waals surface area contributed by atoms with Gasteiger partial charge in [0.2, 0.25) is 0 Å². The normalized spacial score (nSPS) is 10.1. The summed E-state index contributed by atoms with van der Waals surface area (Å²) in [6.07, 6.45) is 0. The van der Waals surface area contributed by atoms with Gasteiger partial charge in [-0.25, -0.2) is 0 Å². The van der Waals surface area contributed by atoms with Gasteiger partial charge in [0.15, 0.2) is 5.69 Å². The van der Waals surface area contributed by atoms with E-state index in [1.165, 1.54) is 18.2 Å². The first-order valence-electron chi connectivity index (χ1n) is 5.83. The van der Waals surface area contributed by atoms with Crippen LogP contribution in [0.2, 0.25) is 0 Å². The Hall–Kier alpha value is -2.89. The SMILES string of the molecule is Cc1ccc(C(=O)Nc2c(O)cccc2[N+](=O)[O-])cc1. The Balaban J connectivity index is 2.32. The molecule has 20 heavy (non-hydrogen) atoms. The summed E-state index contributed by atoms with van der Waals surface area (Å²) in [5, 5.41) is 22.9. The molecule has 0 aliphatic rings. The van der Waals surface area contributed by atoms with Crippen LogP contribution in [-0.2, 0) is 0 Å². The second-order valence-corrected chi connectivity index (χ2v) is 4.25. The number of phenolic OH excluding ortho intramolecular Hbond substituents is 1. The molecule has 0 saturated heterocycles. The first-order valence-corrected chi connectivity index (χ1v) is 5.83. The van der Waals surface area contributed by atoms with E-state index in [1.54, 1.807) is 24.3 Å². The fraction of sp³-hybridized carbons (Fsp3) is 0.0714. The van der Waals surface area contributed by atoms with Crippen LogP contribution >= 0.6 is 0 Å². The van der Waals surface area contributed by atoms with Crippen molar-refractivity contribution in [2.45, 2.75) is 6.92 Å². The maximum Gasteiger partial charge on any atom is 0.296 e. The molecule has 2 rings (SSSR count). The van der Waals surface area contributed by atoms with Gasteiger partial charge < -0.3 is 10.4 Å². The zero-order valence-corrected chi connectivity index (χ0v) is 10.7. The number of rotatable bonds is 3. The van der Waals surface area contributed by atoms with Crippen LogP contribution in [0, 0.1) is 17.0 Å². The zero-order valence-electron chi connectivity index (χ0n) is 10.7. The zero-order chi connectivity index (χ0) is 14.7. The number of hydrogen-bond donors (Lipinski definition) is 2. The molecule has 0 saturated carbocycles. The number of aryl methyl sites for hydroxylation is 1. The Morgan fingerprint density at radius 3 is 2.45 bits per heavy atom. The molecule has 0 heterocycles. The van der Waals surface area contributed by atoms with Crippen LogP contribution in [0.3, 0.4) is 0 Å². The number of hydrogen-bond acceptors (Lipinski definition) is 4. The second-order valence-electron chi connectivity index (χ2n) is 4.25. The minimum absolute atomic E-state index is 0.205. The number of benzene rings is 2. The number of nitrogens with one attached hydrogen (secondary N) is 1. The van der Waals surface area contributed by atoms with E-state index >= 15 is 0 Å². The lowest BCUT2D eigenvalue weighted by Gasteiger charge is -2.08. The first-order chi connectivity index (χ1) is 9.49. The van der Waals surface area contributed by atoms with E-state index in [-0.39, 0.29) is 17.1 Å². The van der Waals surface area contributed by atoms with Crippen molar-refractivity contribution < 1.29 is 14.8 Å². The van der Waals surface area contributed by atoms with Gasteiger partial charge in [-0.3, -0.25) is 14.9 Å². The Kier molecular flexibility index (Phi) is 3.65. The standard InChI is InChI=1S/C14H12N2O4/c1-9-5-7-10(8-6-9)14(18)15-13-11(16(19)20)3-2-4-12(13)17/h2-8,17H,1H3,(H,15,18). The fourth-order valence-electron chi connectivity index (χ4n) is 1.70. The van der Waals surface area contributed by atoms with Crippen LogP contribution in [-0.4, -0.2) is 15.9 Å². The lowest BCUT2D eigenvalue weighted by molar-refractivity contribution is -0.384. The Bertz CT molecular complexity index is 665. The van der Waals surface area contributed by atoms with Gasteiger partial charge in [0.05, 0.1) is 4.92 Å². The average molecular weight is 272 g/mol. The predicted molar refractivity (Wildman–Crippen MR) is 73.9 cm³/mol. The third-order valence-electron chi connectivity index (χ3n) is 2.77. The second kappa shape index (κ2) is 5.40. The van der Waals surface area contributed by atoms with E-state index in [0.29, 0.717) is 5.56 Å². The van der Waals surface area contributed by atoms with Crippen molar-refractivity contribution in [2.75, 3.05) is 5.32 Å². The highest BCUT2D eigenvalue weighted by Crippen LogP contribution is 2.33. The summed E-state index contributed by atoms with van der Waals surface area (Å²) in [7, 11) is 0. The largest absolute Gasteiger partial charge is 0.505 e. The van der Waals surface area contributed by atoms with E-state index < -0.39 is 10.8 Å². The van der Waals surface area contributed by atoms with E-state index in [0.717, 1.165) is 5.56 Å². The van der Waals surface area contributed by atoms with Gasteiger partial charge >= 0.3 is 0 Å². The van der Waals surface area contributed by atoms with Crippen LogP contribution in [0.5, 0.6) is 5.75 Å². The summed E-state index contributed by atoms with van der Waals surface area (Å²) in [5.74, 6) is -0.866. The maximum atomic E-state index is 12.0. The minimum atomic E-state index is -0.662. The van der Waals surface area contributed by atoms with Crippen LogP contribution in [0.4, 0.5) is 11.4 Å². The molecule has 0 aromatic heterocycles. The van der Waals surface area contributed by atoms with Crippen LogP contribution in [0.15, 0.2) is 42.5 Å². The third kappa shape index (κ3) is 2.74. The lowest BCUT2D eigenvalue weighted by Crippen LogP contribution is -2.13. The summed E-state index contributed by atoms with van der Waals surface area (Å²) >= 11 is 0. The number of phenols is 1. The van der Waals surface area contributed by atoms with Gasteiger partial charge in [-0.05, 0) is 25.1 Å². The molecule has 6 heteroatoms. The maximum absolute atomic E-state index is 12.0. The molecule has 0 atom stereocenters. The van der Waals surface area contributed by atoms with E-state index in [9.17, 15) is 20.0 Å². The molecule has 102 valence electrons. The fourth-order valence-corrected chi connectivity index (χ4v) is 1.70. The minimum Gasteiger partial charge on any atom is -0.505 e. The average Bonchev–Trinajstić information content (AvgIpc) is 2.41. The molecule has 0 aliphatic heterocycles. The van der Waals surface area contributed by atoms with Crippen molar-refractivity contribution in [3.05, 3.63) is 63.7 Å². The monoisotopic (exact) mass is 272 g/mol. The number of para-hydroxylation sites is 1. The topological polar surface area (TPSA) is 92.5 Å². The third-order valence-corrected chi connectivity index (χ3v) is 2.77. The summed E-state index contributed by atoms with van der Waals surface area (Å²) in [4.78, 5) is 22.2. The predicted octanol–water partition coefficient (Wildman–Crippen LogP) is 2.86. The Morgan fingerprint density at radius 1 is 1.20 bits per heavy atom. The summed E-state index contributed by atoms with van der Waals surface area (Å²) < 4.78 is 0. The highest BCUT2D eigenvalue weighted by molar-refractivity contribution is 6.06. The van der Waals surface area contributed by atoms with Gasteiger partial charge in [-0.2, -0.15) is 0 Å². The smallest absolute Gasteiger partial charge is 0.296 e. The molecule has 0 spiro atoms. The van der Waals surface area contributed by atoms with Crippen molar-refractivity contribution in [1.29, 1.82) is 0 Å². The van der Waals surface area contributed by atoms with Crippen LogP contribution in [0.1, 0.15) is 15.9 Å². The van der Waals surface area contributed by atoms with Crippen molar-refractivity contribution in [3.8, 4) is 5.75 Å². The van der Waals surface area contributed by atoms with Gasteiger partial charge in [0.25, 0.3) is 11.6 Å². The molecule has 2 aromatic rings. The lowest BCUT2D eigenvalue weighted by atomic mass is 10.1. The summed E-state index contributed by atoms with van der Waals surface area (Å²) in [6, 6.07) is 10.6. The van der Waals surface area contributed by atoms with Gasteiger partial charge in [0, 0.05) is 11.6 Å². The number of anilines is 1. The molecule has 0 unspecified atom stereocenters. The van der Waals surface area contributed by atoms with Gasteiger partial charge in [-0.1, -0.05) is 23.8 Å². The number of nitro benzene ring substituents is 1. The van der Waals surface area contributed by atoms with Crippen molar-refractivity contribution in [2.24, 2.45) is 0 Å². The molecular formula is C14H12N2O4. The number of nitro groups is 1. The molecule has 0 aliphatic carbocycles. The molecule has 0 radical (unpaired) electrons. The van der Waals surface area contributed by atoms with E-state index in [1.807, 2.05) is 6.92 Å². The highest BCUT2D eigenvalue weighted by atomic mass is 16.6. The summed E-state index contributed by atoms with van der Waals surface area (Å²) in [5.41, 5.74) is 0.789. The van der Waals surface area contributed by atoms with Crippen molar-refractivity contribution in [3.63, 3.8) is 0 Å². The Morgan fingerprint density at radius 2 is 1.85 bits per heavy atom. The van der Waals surface area contributed by atoms with Crippen LogP contribution in [0.25, 0.3) is 0 Å². The number of aromatic hydroxyl groups is 1. The highest BCUT2D eigenvalue weighted by Gasteiger charge is 2.19. The number of amides is 1. The van der Waals surface area contributed by atoms with Crippen molar-refractivity contribution in [1.82, 2.24) is 0 Å². The van der Waals surface area contributed by atoms with Crippen LogP contribution < -0.4 is 5.32 Å². The number of nitrogens with zero attached hydrogens (tertiary/aromatic N) is 1. The molecule has 2 N–H and O–H groups in total. The van der Waals surface area contributed by atoms with Gasteiger partial charge in [-0.15, -0.1) is 0 Å². The quantitative estimate of drug-likeness (QED) is 0.510. The molecule has 6 nitrogen and oxygen atoms in total. The summed E-state index contributed by atoms with van der Waals surface area (Å²) in [6.45, 7) is 1.88. The van der Waals surface area contributed by atoms with E-state index in [4.69, 9.17) is 0 Å². The molecule has 0 bridgehead atoms. The molecule has 1 amide bonds. The number of carbonyl (C=O) groups is 1. The first kappa shape index (κ1) is 13.5. The van der Waals surface area contributed by atoms with Crippen molar-refractivity contribution >= 4 is 17.3 Å². The molecule has 2 aromatic carbocycles. The molecule has 0 fully saturated rings. The number of carbonyl (C=O) groups excluding carboxylic acids is 1. The molecular weight excluding hydrogens is 260 g/mol. The van der Waals surface area contributed by atoms with Gasteiger partial charge in [0.1, 0.15) is 5.75 Å². The Labute approximate surface area is 114 Å². The van der Waals surface area contributed by atoms with E-state index in [2.05, 4.69) is 5.32 Å².